The summed E-state index contributed by atoms with van der Waals surface area (Å²) in [6, 6.07) is 4.75. The molecule has 0 aliphatic rings. The van der Waals surface area contributed by atoms with Gasteiger partial charge in [-0.25, -0.2) is 4.98 Å². The van der Waals surface area contributed by atoms with Crippen LogP contribution in [-0.2, 0) is 11.9 Å². The molecule has 0 radical (unpaired) electrons. The lowest BCUT2D eigenvalue weighted by Crippen LogP contribution is -2.30. The summed E-state index contributed by atoms with van der Waals surface area (Å²) >= 11 is 6.84. The number of hydrogen-bond donors (Lipinski definition) is 3. The molecule has 0 saturated carbocycles. The van der Waals surface area contributed by atoms with Gasteiger partial charge < -0.3 is 15.6 Å². The monoisotopic (exact) mass is 374 g/mol. The standard InChI is InChI=1S/C15H17F3N4S2/c1-10-13(21-9-20-10)8-24-7-6-19-14(23)22-12-4-2-11(3-5-12)15(16,17)18/h2-5,9H,6-8H2,1H3,(H,20,21)(H2,19,22,23). The van der Waals surface area contributed by atoms with E-state index in [0.717, 1.165) is 35.0 Å². The molecule has 0 saturated heterocycles. The van der Waals surface area contributed by atoms with E-state index in [1.54, 1.807) is 18.1 Å². The van der Waals surface area contributed by atoms with Crippen LogP contribution in [-0.4, -0.2) is 27.4 Å². The largest absolute Gasteiger partial charge is 0.416 e. The van der Waals surface area contributed by atoms with E-state index in [2.05, 4.69) is 20.6 Å². The third-order valence-corrected chi connectivity index (χ3v) is 4.39. The fourth-order valence-corrected chi connectivity index (χ4v) is 2.95. The number of imidazole rings is 1. The molecule has 2 aromatic rings. The van der Waals surface area contributed by atoms with E-state index in [4.69, 9.17) is 12.2 Å². The van der Waals surface area contributed by atoms with Crippen molar-refractivity contribution in [2.75, 3.05) is 17.6 Å². The van der Waals surface area contributed by atoms with Gasteiger partial charge in [0.25, 0.3) is 0 Å². The molecule has 0 unspecified atom stereocenters. The number of H-pyrrole nitrogens is 1. The molecule has 0 amide bonds. The van der Waals surface area contributed by atoms with Gasteiger partial charge in [-0.1, -0.05) is 0 Å². The quantitative estimate of drug-likeness (QED) is 0.528. The summed E-state index contributed by atoms with van der Waals surface area (Å²) in [4.78, 5) is 7.24. The van der Waals surface area contributed by atoms with E-state index in [-0.39, 0.29) is 0 Å². The molecule has 0 aliphatic heterocycles. The van der Waals surface area contributed by atoms with Crippen LogP contribution in [0.1, 0.15) is 17.0 Å². The Kier molecular flexibility index (Phi) is 6.50. The Bertz CT molecular complexity index is 668. The van der Waals surface area contributed by atoms with Crippen molar-refractivity contribution in [1.29, 1.82) is 0 Å². The summed E-state index contributed by atoms with van der Waals surface area (Å²) in [6.45, 7) is 2.63. The van der Waals surface area contributed by atoms with Crippen LogP contribution in [0.3, 0.4) is 0 Å². The van der Waals surface area contributed by atoms with Crippen molar-refractivity contribution in [1.82, 2.24) is 15.3 Å². The van der Waals surface area contributed by atoms with Crippen LogP contribution in [0.25, 0.3) is 0 Å². The Morgan fingerprint density at radius 3 is 2.58 bits per heavy atom. The van der Waals surface area contributed by atoms with Gasteiger partial charge in [-0.2, -0.15) is 24.9 Å². The summed E-state index contributed by atoms with van der Waals surface area (Å²) < 4.78 is 37.4. The lowest BCUT2D eigenvalue weighted by molar-refractivity contribution is -0.137. The number of hydrogen-bond acceptors (Lipinski definition) is 3. The number of thiocarbonyl (C=S) groups is 1. The van der Waals surface area contributed by atoms with Crippen molar-refractivity contribution < 1.29 is 13.2 Å². The molecule has 130 valence electrons. The second-order valence-corrected chi connectivity index (χ2v) is 6.50. The van der Waals surface area contributed by atoms with Crippen LogP contribution in [0, 0.1) is 6.92 Å². The average molecular weight is 374 g/mol. The molecule has 1 heterocycles. The van der Waals surface area contributed by atoms with Gasteiger partial charge >= 0.3 is 6.18 Å². The smallest absolute Gasteiger partial charge is 0.362 e. The highest BCUT2D eigenvalue weighted by molar-refractivity contribution is 7.98. The second-order valence-electron chi connectivity index (χ2n) is 4.98. The molecule has 1 aromatic heterocycles. The Morgan fingerprint density at radius 1 is 1.29 bits per heavy atom. The van der Waals surface area contributed by atoms with Crippen LogP contribution in [0.15, 0.2) is 30.6 Å². The second kappa shape index (κ2) is 8.39. The van der Waals surface area contributed by atoms with Gasteiger partial charge in [0.15, 0.2) is 5.11 Å². The van der Waals surface area contributed by atoms with Crippen molar-refractivity contribution in [3.05, 3.63) is 47.5 Å². The van der Waals surface area contributed by atoms with E-state index in [9.17, 15) is 13.2 Å². The van der Waals surface area contributed by atoms with Crippen molar-refractivity contribution >= 4 is 34.8 Å². The minimum absolute atomic E-state index is 0.381. The van der Waals surface area contributed by atoms with Crippen molar-refractivity contribution in [3.63, 3.8) is 0 Å². The van der Waals surface area contributed by atoms with Gasteiger partial charge in [0.2, 0.25) is 0 Å². The maximum absolute atomic E-state index is 12.5. The number of rotatable bonds is 6. The zero-order valence-electron chi connectivity index (χ0n) is 12.9. The van der Waals surface area contributed by atoms with E-state index < -0.39 is 11.7 Å². The first kappa shape index (κ1) is 18.6. The Morgan fingerprint density at radius 2 is 2.00 bits per heavy atom. The molecule has 9 heteroatoms. The summed E-state index contributed by atoms with van der Waals surface area (Å²) in [6.07, 6.45) is -2.66. The predicted molar refractivity (Wildman–Crippen MR) is 95.2 cm³/mol. The van der Waals surface area contributed by atoms with E-state index in [1.165, 1.54) is 12.1 Å². The molecule has 0 fully saturated rings. The van der Waals surface area contributed by atoms with E-state index >= 15 is 0 Å². The molecule has 0 spiro atoms. The minimum atomic E-state index is -4.33. The molecule has 0 atom stereocenters. The zero-order valence-corrected chi connectivity index (χ0v) is 14.5. The van der Waals surface area contributed by atoms with Gasteiger partial charge in [-0.15, -0.1) is 0 Å². The maximum Gasteiger partial charge on any atom is 0.416 e. The van der Waals surface area contributed by atoms with Crippen molar-refractivity contribution in [3.8, 4) is 0 Å². The molecule has 2 rings (SSSR count). The number of aromatic amines is 1. The van der Waals surface area contributed by atoms with E-state index in [1.807, 2.05) is 6.92 Å². The fraction of sp³-hybridized carbons (Fsp3) is 0.333. The number of alkyl halides is 3. The predicted octanol–water partition coefficient (Wildman–Crippen LogP) is 3.96. The average Bonchev–Trinajstić information content (AvgIpc) is 2.92. The van der Waals surface area contributed by atoms with Crippen LogP contribution in [0.2, 0.25) is 0 Å². The third-order valence-electron chi connectivity index (χ3n) is 3.18. The number of halogens is 3. The topological polar surface area (TPSA) is 52.7 Å². The summed E-state index contributed by atoms with van der Waals surface area (Å²) in [5.41, 5.74) is 1.93. The lowest BCUT2D eigenvalue weighted by atomic mass is 10.2. The number of thioether (sulfide) groups is 1. The highest BCUT2D eigenvalue weighted by atomic mass is 32.2. The maximum atomic E-state index is 12.5. The van der Waals surface area contributed by atoms with Gasteiger partial charge in [0.1, 0.15) is 0 Å². The molecule has 0 bridgehead atoms. The number of benzene rings is 1. The summed E-state index contributed by atoms with van der Waals surface area (Å²) in [5, 5.41) is 6.26. The van der Waals surface area contributed by atoms with Crippen molar-refractivity contribution in [2.24, 2.45) is 0 Å². The van der Waals surface area contributed by atoms with Crippen LogP contribution >= 0.6 is 24.0 Å². The number of nitrogens with one attached hydrogen (secondary N) is 3. The Hall–Kier alpha value is -1.74. The van der Waals surface area contributed by atoms with Gasteiger partial charge in [0.05, 0.1) is 17.6 Å². The van der Waals surface area contributed by atoms with Gasteiger partial charge in [-0.3, -0.25) is 0 Å². The lowest BCUT2D eigenvalue weighted by Gasteiger charge is -2.11. The zero-order chi connectivity index (χ0) is 17.6. The van der Waals surface area contributed by atoms with Gasteiger partial charge in [0, 0.05) is 29.4 Å². The summed E-state index contributed by atoms with van der Waals surface area (Å²) in [5.74, 6) is 1.65. The molecule has 1 aromatic carbocycles. The fourth-order valence-electron chi connectivity index (χ4n) is 1.86. The van der Waals surface area contributed by atoms with Crippen molar-refractivity contribution in [2.45, 2.75) is 18.9 Å². The van der Waals surface area contributed by atoms with Gasteiger partial charge in [-0.05, 0) is 43.4 Å². The molecular formula is C15H17F3N4S2. The highest BCUT2D eigenvalue weighted by Gasteiger charge is 2.29. The Balaban J connectivity index is 1.67. The first-order chi connectivity index (χ1) is 11.4. The first-order valence-electron chi connectivity index (χ1n) is 7.15. The Labute approximate surface area is 147 Å². The van der Waals surface area contributed by atoms with E-state index in [0.29, 0.717) is 17.3 Å². The minimum Gasteiger partial charge on any atom is -0.362 e. The molecule has 0 aliphatic carbocycles. The van der Waals surface area contributed by atoms with Crippen LogP contribution < -0.4 is 10.6 Å². The van der Waals surface area contributed by atoms with Crippen LogP contribution in [0.4, 0.5) is 18.9 Å². The summed E-state index contributed by atoms with van der Waals surface area (Å²) in [7, 11) is 0. The first-order valence-corrected chi connectivity index (χ1v) is 8.71. The molecule has 3 N–H and O–H groups in total. The highest BCUT2D eigenvalue weighted by Crippen LogP contribution is 2.29. The number of aromatic nitrogens is 2. The number of aryl methyl sites for hydroxylation is 1. The molecular weight excluding hydrogens is 357 g/mol. The molecule has 4 nitrogen and oxygen atoms in total. The van der Waals surface area contributed by atoms with Crippen LogP contribution in [0.5, 0.6) is 0 Å². The number of nitrogens with zero attached hydrogens (tertiary/aromatic N) is 1. The third kappa shape index (κ3) is 5.72. The normalized spacial score (nSPS) is 11.3. The molecule has 24 heavy (non-hydrogen) atoms. The number of anilines is 1. The SMILES string of the molecule is Cc1[nH]cnc1CSCCNC(=S)Nc1ccc(C(F)(F)F)cc1.